The number of carbonyl (C=O) groups excluding carboxylic acids is 2. The number of ether oxygens (including phenoxy) is 1. The van der Waals surface area contributed by atoms with Crippen molar-refractivity contribution in [2.75, 3.05) is 0 Å². The van der Waals surface area contributed by atoms with Crippen LogP contribution in [0.25, 0.3) is 0 Å². The maximum absolute atomic E-state index is 11.6. The Morgan fingerprint density at radius 3 is 2.18 bits per heavy atom. The van der Waals surface area contributed by atoms with Gasteiger partial charge in [0.05, 0.1) is 0 Å². The fourth-order valence-corrected chi connectivity index (χ4v) is 2.34. The molecule has 0 aliphatic carbocycles. The first-order valence-corrected chi connectivity index (χ1v) is 8.43. The molecule has 0 saturated heterocycles. The largest absolute Gasteiger partial charge is 0.461 e. The summed E-state index contributed by atoms with van der Waals surface area (Å²) in [6, 6.07) is 9.73. The van der Waals surface area contributed by atoms with Crippen LogP contribution in [0.4, 0.5) is 0 Å². The molecule has 0 spiro atoms. The summed E-state index contributed by atoms with van der Waals surface area (Å²) in [4.78, 5) is 22.9. The van der Waals surface area contributed by atoms with E-state index in [0.717, 1.165) is 44.1 Å². The van der Waals surface area contributed by atoms with Gasteiger partial charge < -0.3 is 4.74 Å². The summed E-state index contributed by atoms with van der Waals surface area (Å²) in [5.41, 5.74) is 1.02. The first-order valence-electron chi connectivity index (χ1n) is 8.43. The zero-order valence-electron chi connectivity index (χ0n) is 13.7. The summed E-state index contributed by atoms with van der Waals surface area (Å²) in [7, 11) is 0. The van der Waals surface area contributed by atoms with Crippen LogP contribution in [0.15, 0.2) is 30.3 Å². The highest BCUT2D eigenvalue weighted by Crippen LogP contribution is 2.10. The monoisotopic (exact) mass is 304 g/mol. The van der Waals surface area contributed by atoms with Crippen molar-refractivity contribution < 1.29 is 14.3 Å². The smallest absolute Gasteiger partial charge is 0.306 e. The Balaban J connectivity index is 1.94. The minimum Gasteiger partial charge on any atom is -0.461 e. The number of carbonyl (C=O) groups is 2. The van der Waals surface area contributed by atoms with E-state index in [2.05, 4.69) is 0 Å². The number of esters is 1. The number of ketones is 1. The minimum absolute atomic E-state index is 0.123. The van der Waals surface area contributed by atoms with E-state index in [0.29, 0.717) is 31.7 Å². The molecule has 1 aromatic rings. The van der Waals surface area contributed by atoms with Gasteiger partial charge in [-0.1, -0.05) is 56.5 Å². The third-order valence-corrected chi connectivity index (χ3v) is 3.61. The van der Waals surface area contributed by atoms with E-state index in [1.54, 1.807) is 0 Å². The van der Waals surface area contributed by atoms with E-state index in [4.69, 9.17) is 4.74 Å². The summed E-state index contributed by atoms with van der Waals surface area (Å²) < 4.78 is 5.23. The molecule has 3 heteroatoms. The molecule has 0 amide bonds. The molecule has 1 rings (SSSR count). The van der Waals surface area contributed by atoms with Crippen LogP contribution >= 0.6 is 0 Å². The van der Waals surface area contributed by atoms with Crippen LogP contribution in [-0.2, 0) is 20.9 Å². The lowest BCUT2D eigenvalue weighted by molar-refractivity contribution is -0.145. The second kappa shape index (κ2) is 12.0. The van der Waals surface area contributed by atoms with E-state index in [1.165, 1.54) is 0 Å². The van der Waals surface area contributed by atoms with Crippen LogP contribution < -0.4 is 0 Å². The average molecular weight is 304 g/mol. The molecule has 3 nitrogen and oxygen atoms in total. The van der Waals surface area contributed by atoms with E-state index in [1.807, 2.05) is 37.3 Å². The third-order valence-electron chi connectivity index (χ3n) is 3.61. The molecule has 0 atom stereocenters. The predicted octanol–water partition coefficient (Wildman–Crippen LogP) is 4.83. The van der Waals surface area contributed by atoms with Crippen molar-refractivity contribution in [3.8, 4) is 0 Å². The first kappa shape index (κ1) is 18.4. The van der Waals surface area contributed by atoms with Crippen LogP contribution in [-0.4, -0.2) is 11.8 Å². The van der Waals surface area contributed by atoms with E-state index < -0.39 is 0 Å². The van der Waals surface area contributed by atoms with Gasteiger partial charge in [-0.3, -0.25) is 9.59 Å². The lowest BCUT2D eigenvalue weighted by atomic mass is 10.1. The molecule has 0 radical (unpaired) electrons. The Labute approximate surface area is 134 Å². The summed E-state index contributed by atoms with van der Waals surface area (Å²) in [6.45, 7) is 2.40. The molecule has 22 heavy (non-hydrogen) atoms. The highest BCUT2D eigenvalue weighted by molar-refractivity contribution is 5.78. The van der Waals surface area contributed by atoms with Gasteiger partial charge >= 0.3 is 5.97 Å². The molecule has 0 bridgehead atoms. The Kier molecular flexibility index (Phi) is 10.0. The quantitative estimate of drug-likeness (QED) is 0.410. The molecule has 1 aromatic carbocycles. The van der Waals surface area contributed by atoms with Gasteiger partial charge in [-0.05, 0) is 24.8 Å². The molecule has 0 N–H and O–H groups in total. The number of benzene rings is 1. The Bertz CT molecular complexity index is 426. The zero-order chi connectivity index (χ0) is 16.0. The van der Waals surface area contributed by atoms with Crippen molar-refractivity contribution >= 4 is 11.8 Å². The standard InChI is InChI=1S/C19H28O3/c1-2-11-18(20)14-9-4-3-5-10-15-19(21)22-16-17-12-7-6-8-13-17/h6-8,12-13H,2-5,9-11,14-16H2,1H3. The van der Waals surface area contributed by atoms with Gasteiger partial charge in [0.25, 0.3) is 0 Å². The molecule has 0 aliphatic heterocycles. The van der Waals surface area contributed by atoms with Crippen molar-refractivity contribution in [3.05, 3.63) is 35.9 Å². The molecule has 0 unspecified atom stereocenters. The summed E-state index contributed by atoms with van der Waals surface area (Å²) >= 11 is 0. The lowest BCUT2D eigenvalue weighted by Crippen LogP contribution is -2.04. The van der Waals surface area contributed by atoms with E-state index in [9.17, 15) is 9.59 Å². The number of hydrogen-bond acceptors (Lipinski definition) is 3. The summed E-state index contributed by atoms with van der Waals surface area (Å²) in [6.07, 6.45) is 7.92. The fourth-order valence-electron chi connectivity index (χ4n) is 2.34. The number of rotatable bonds is 12. The predicted molar refractivity (Wildman–Crippen MR) is 88.5 cm³/mol. The molecule has 0 aromatic heterocycles. The third kappa shape index (κ3) is 9.32. The molecule has 0 fully saturated rings. The molecule has 0 heterocycles. The molecule has 0 aliphatic rings. The van der Waals surface area contributed by atoms with Gasteiger partial charge in [-0.2, -0.15) is 0 Å². The first-order chi connectivity index (χ1) is 10.7. The maximum atomic E-state index is 11.6. The van der Waals surface area contributed by atoms with Crippen LogP contribution in [0.1, 0.15) is 70.3 Å². The van der Waals surface area contributed by atoms with Gasteiger partial charge in [-0.15, -0.1) is 0 Å². The average Bonchev–Trinajstić information content (AvgIpc) is 2.53. The molecular formula is C19H28O3. The van der Waals surface area contributed by atoms with Gasteiger partial charge in [0, 0.05) is 19.3 Å². The van der Waals surface area contributed by atoms with E-state index in [-0.39, 0.29) is 5.97 Å². The minimum atomic E-state index is -0.123. The number of hydrogen-bond donors (Lipinski definition) is 0. The number of unbranched alkanes of at least 4 members (excludes halogenated alkanes) is 4. The molecular weight excluding hydrogens is 276 g/mol. The topological polar surface area (TPSA) is 43.4 Å². The Morgan fingerprint density at radius 2 is 1.50 bits per heavy atom. The normalized spacial score (nSPS) is 10.4. The van der Waals surface area contributed by atoms with Crippen LogP contribution in [0.2, 0.25) is 0 Å². The summed E-state index contributed by atoms with van der Waals surface area (Å²) in [5, 5.41) is 0. The van der Waals surface area contributed by atoms with Crippen LogP contribution in [0.3, 0.4) is 0 Å². The zero-order valence-corrected chi connectivity index (χ0v) is 13.7. The van der Waals surface area contributed by atoms with Crippen molar-refractivity contribution in [1.82, 2.24) is 0 Å². The second-order valence-electron chi connectivity index (χ2n) is 5.70. The highest BCUT2D eigenvalue weighted by atomic mass is 16.5. The van der Waals surface area contributed by atoms with E-state index >= 15 is 0 Å². The lowest BCUT2D eigenvalue weighted by Gasteiger charge is -2.05. The molecule has 0 saturated carbocycles. The maximum Gasteiger partial charge on any atom is 0.306 e. The van der Waals surface area contributed by atoms with Gasteiger partial charge in [-0.25, -0.2) is 0 Å². The van der Waals surface area contributed by atoms with Crippen molar-refractivity contribution in [2.45, 2.75) is 71.3 Å². The van der Waals surface area contributed by atoms with Gasteiger partial charge in [0.15, 0.2) is 0 Å². The van der Waals surface area contributed by atoms with Crippen LogP contribution in [0.5, 0.6) is 0 Å². The second-order valence-corrected chi connectivity index (χ2v) is 5.70. The number of Topliss-reactive ketones (excluding diaryl/α,β-unsaturated/α-hetero) is 1. The van der Waals surface area contributed by atoms with Crippen molar-refractivity contribution in [3.63, 3.8) is 0 Å². The van der Waals surface area contributed by atoms with Crippen molar-refractivity contribution in [2.24, 2.45) is 0 Å². The van der Waals surface area contributed by atoms with Gasteiger partial charge in [0.2, 0.25) is 0 Å². The molecule has 122 valence electrons. The SMILES string of the molecule is CCCC(=O)CCCCCCCC(=O)OCc1ccccc1. The highest BCUT2D eigenvalue weighted by Gasteiger charge is 2.04. The Hall–Kier alpha value is -1.64. The van der Waals surface area contributed by atoms with Gasteiger partial charge in [0.1, 0.15) is 12.4 Å². The van der Waals surface area contributed by atoms with Crippen LogP contribution in [0, 0.1) is 0 Å². The summed E-state index contributed by atoms with van der Waals surface area (Å²) in [5.74, 6) is 0.258. The fraction of sp³-hybridized carbons (Fsp3) is 0.579. The van der Waals surface area contributed by atoms with Crippen molar-refractivity contribution in [1.29, 1.82) is 0 Å². The Morgan fingerprint density at radius 1 is 0.864 bits per heavy atom.